The van der Waals surface area contributed by atoms with E-state index in [-0.39, 0.29) is 6.03 Å². The number of anilines is 1. The van der Waals surface area contributed by atoms with Crippen LogP contribution < -0.4 is 10.6 Å². The molecule has 1 heterocycles. The number of aliphatic carboxylic acids is 1. The van der Waals surface area contributed by atoms with Crippen LogP contribution in [0.5, 0.6) is 0 Å². The first-order valence-corrected chi connectivity index (χ1v) is 5.27. The highest BCUT2D eigenvalue weighted by molar-refractivity contribution is 5.88. The Kier molecular flexibility index (Phi) is 4.93. The number of rotatable bonds is 5. The second-order valence-electron chi connectivity index (χ2n) is 3.65. The molecule has 0 saturated heterocycles. The molecule has 0 aliphatic rings. The summed E-state index contributed by atoms with van der Waals surface area (Å²) in [6.45, 7) is 1.92. The first-order chi connectivity index (χ1) is 8.09. The predicted octanol–water partition coefficient (Wildman–Crippen LogP) is 1.31. The van der Waals surface area contributed by atoms with Gasteiger partial charge in [-0.2, -0.15) is 0 Å². The van der Waals surface area contributed by atoms with Crippen LogP contribution in [0.3, 0.4) is 0 Å². The van der Waals surface area contributed by atoms with E-state index in [0.29, 0.717) is 18.7 Å². The van der Waals surface area contributed by atoms with Crippen LogP contribution in [0, 0.1) is 5.92 Å². The zero-order valence-corrected chi connectivity index (χ0v) is 9.51. The van der Waals surface area contributed by atoms with Gasteiger partial charge in [-0.15, -0.1) is 0 Å². The number of aromatic nitrogens is 1. The van der Waals surface area contributed by atoms with Crippen LogP contribution in [0.1, 0.15) is 13.3 Å². The maximum Gasteiger partial charge on any atom is 0.319 e. The molecule has 1 aromatic rings. The molecule has 0 saturated carbocycles. The molecule has 3 N–H and O–H groups in total. The van der Waals surface area contributed by atoms with Crippen LogP contribution in [-0.2, 0) is 4.79 Å². The maximum atomic E-state index is 11.4. The van der Waals surface area contributed by atoms with Gasteiger partial charge in [-0.05, 0) is 18.6 Å². The highest BCUT2D eigenvalue weighted by Crippen LogP contribution is 2.02. The van der Waals surface area contributed by atoms with Gasteiger partial charge in [-0.1, -0.05) is 6.92 Å². The van der Waals surface area contributed by atoms with Gasteiger partial charge in [0, 0.05) is 12.7 Å². The lowest BCUT2D eigenvalue weighted by molar-refractivity contribution is -0.141. The highest BCUT2D eigenvalue weighted by Gasteiger charge is 2.10. The van der Waals surface area contributed by atoms with Crippen molar-refractivity contribution in [3.63, 3.8) is 0 Å². The molecule has 0 spiro atoms. The number of nitrogens with one attached hydrogen (secondary N) is 2. The van der Waals surface area contributed by atoms with E-state index in [9.17, 15) is 9.59 Å². The molecule has 2 amide bonds. The van der Waals surface area contributed by atoms with Crippen LogP contribution in [0.4, 0.5) is 10.5 Å². The summed E-state index contributed by atoms with van der Waals surface area (Å²) >= 11 is 0. The van der Waals surface area contributed by atoms with Crippen molar-refractivity contribution in [3.05, 3.63) is 24.5 Å². The number of amides is 2. The molecule has 1 atom stereocenters. The fourth-order valence-electron chi connectivity index (χ4n) is 1.14. The molecule has 0 bridgehead atoms. The van der Waals surface area contributed by atoms with Gasteiger partial charge in [0.15, 0.2) is 0 Å². The van der Waals surface area contributed by atoms with Gasteiger partial charge >= 0.3 is 12.0 Å². The lowest BCUT2D eigenvalue weighted by Gasteiger charge is -2.08. The van der Waals surface area contributed by atoms with E-state index in [0.717, 1.165) is 0 Å². The van der Waals surface area contributed by atoms with Crippen molar-refractivity contribution in [1.82, 2.24) is 10.3 Å². The Labute approximate surface area is 99.1 Å². The molecular formula is C11H15N3O3. The Morgan fingerprint density at radius 3 is 2.88 bits per heavy atom. The standard InChI is InChI=1S/C11H15N3O3/c1-8(10(15)16)4-6-13-11(17)14-9-3-2-5-12-7-9/h2-3,5,7-8H,4,6H2,1H3,(H,15,16)(H2,13,14,17). The van der Waals surface area contributed by atoms with E-state index in [4.69, 9.17) is 5.11 Å². The third-order valence-electron chi connectivity index (χ3n) is 2.20. The van der Waals surface area contributed by atoms with E-state index in [1.165, 1.54) is 6.20 Å². The fourth-order valence-corrected chi connectivity index (χ4v) is 1.14. The van der Waals surface area contributed by atoms with Crippen molar-refractivity contribution < 1.29 is 14.7 Å². The first-order valence-electron chi connectivity index (χ1n) is 5.27. The second kappa shape index (κ2) is 6.47. The average molecular weight is 237 g/mol. The smallest absolute Gasteiger partial charge is 0.319 e. The summed E-state index contributed by atoms with van der Waals surface area (Å²) < 4.78 is 0. The summed E-state index contributed by atoms with van der Waals surface area (Å²) in [6.07, 6.45) is 3.53. The second-order valence-corrected chi connectivity index (χ2v) is 3.65. The number of carbonyl (C=O) groups is 2. The number of hydrogen-bond acceptors (Lipinski definition) is 3. The topological polar surface area (TPSA) is 91.3 Å². The number of carboxylic acids is 1. The SMILES string of the molecule is CC(CCNC(=O)Nc1cccnc1)C(=O)O. The van der Waals surface area contributed by atoms with Crippen LogP contribution in [0.15, 0.2) is 24.5 Å². The molecule has 1 rings (SSSR count). The summed E-state index contributed by atoms with van der Waals surface area (Å²) in [5.74, 6) is -1.33. The number of carboxylic acid groups (broad SMARTS) is 1. The molecule has 6 heteroatoms. The Hall–Kier alpha value is -2.11. The quantitative estimate of drug-likeness (QED) is 0.720. The molecule has 0 radical (unpaired) electrons. The molecule has 6 nitrogen and oxygen atoms in total. The van der Waals surface area contributed by atoms with Crippen LogP contribution in [-0.4, -0.2) is 28.6 Å². The molecule has 0 aromatic carbocycles. The minimum Gasteiger partial charge on any atom is -0.481 e. The van der Waals surface area contributed by atoms with Crippen LogP contribution in [0.25, 0.3) is 0 Å². The Balaban J connectivity index is 2.25. The van der Waals surface area contributed by atoms with Crippen molar-refractivity contribution in [2.75, 3.05) is 11.9 Å². The van der Waals surface area contributed by atoms with E-state index >= 15 is 0 Å². The van der Waals surface area contributed by atoms with Gasteiger partial charge in [0.1, 0.15) is 0 Å². The van der Waals surface area contributed by atoms with Gasteiger partial charge < -0.3 is 15.7 Å². The third kappa shape index (κ3) is 4.96. The zero-order chi connectivity index (χ0) is 12.7. The lowest BCUT2D eigenvalue weighted by atomic mass is 10.1. The minimum atomic E-state index is -0.862. The summed E-state index contributed by atoms with van der Waals surface area (Å²) in [5.41, 5.74) is 0.594. The number of nitrogens with zero attached hydrogens (tertiary/aromatic N) is 1. The van der Waals surface area contributed by atoms with Crippen molar-refractivity contribution in [3.8, 4) is 0 Å². The van der Waals surface area contributed by atoms with E-state index < -0.39 is 11.9 Å². The van der Waals surface area contributed by atoms with Crippen LogP contribution >= 0.6 is 0 Å². The summed E-state index contributed by atoms with van der Waals surface area (Å²) in [6, 6.07) is 3.06. The minimum absolute atomic E-state index is 0.319. The third-order valence-corrected chi connectivity index (χ3v) is 2.20. The fraction of sp³-hybridized carbons (Fsp3) is 0.364. The van der Waals surface area contributed by atoms with E-state index in [1.807, 2.05) is 0 Å². The van der Waals surface area contributed by atoms with Gasteiger partial charge in [-0.3, -0.25) is 9.78 Å². The van der Waals surface area contributed by atoms with Crippen molar-refractivity contribution >= 4 is 17.7 Å². The lowest BCUT2D eigenvalue weighted by Crippen LogP contribution is -2.31. The molecule has 1 unspecified atom stereocenters. The molecule has 0 aliphatic heterocycles. The Bertz CT molecular complexity index is 381. The molecule has 0 aliphatic carbocycles. The molecule has 1 aromatic heterocycles. The normalized spacial score (nSPS) is 11.6. The Morgan fingerprint density at radius 2 is 2.29 bits per heavy atom. The summed E-state index contributed by atoms with van der Waals surface area (Å²) in [4.78, 5) is 25.7. The summed E-state index contributed by atoms with van der Waals surface area (Å²) in [7, 11) is 0. The number of urea groups is 1. The van der Waals surface area contributed by atoms with E-state index in [2.05, 4.69) is 15.6 Å². The van der Waals surface area contributed by atoms with Crippen molar-refractivity contribution in [1.29, 1.82) is 0 Å². The largest absolute Gasteiger partial charge is 0.481 e. The summed E-state index contributed by atoms with van der Waals surface area (Å²) in [5, 5.41) is 13.8. The maximum absolute atomic E-state index is 11.4. The molecule has 0 fully saturated rings. The van der Waals surface area contributed by atoms with Crippen LogP contribution in [0.2, 0.25) is 0 Å². The van der Waals surface area contributed by atoms with Gasteiger partial charge in [0.2, 0.25) is 0 Å². The number of carbonyl (C=O) groups excluding carboxylic acids is 1. The van der Waals surface area contributed by atoms with Gasteiger partial charge in [0.25, 0.3) is 0 Å². The van der Waals surface area contributed by atoms with Gasteiger partial charge in [0.05, 0.1) is 17.8 Å². The monoisotopic (exact) mass is 237 g/mol. The molecule has 92 valence electrons. The highest BCUT2D eigenvalue weighted by atomic mass is 16.4. The Morgan fingerprint density at radius 1 is 1.53 bits per heavy atom. The van der Waals surface area contributed by atoms with Crippen molar-refractivity contribution in [2.45, 2.75) is 13.3 Å². The molecular weight excluding hydrogens is 222 g/mol. The number of hydrogen-bond donors (Lipinski definition) is 3. The van der Waals surface area contributed by atoms with Gasteiger partial charge in [-0.25, -0.2) is 4.79 Å². The van der Waals surface area contributed by atoms with E-state index in [1.54, 1.807) is 25.3 Å². The van der Waals surface area contributed by atoms with Crippen molar-refractivity contribution in [2.24, 2.45) is 5.92 Å². The molecule has 17 heavy (non-hydrogen) atoms. The average Bonchev–Trinajstić information content (AvgIpc) is 2.30. The predicted molar refractivity (Wildman–Crippen MR) is 62.7 cm³/mol. The first kappa shape index (κ1) is 13.0. The zero-order valence-electron chi connectivity index (χ0n) is 9.51. The number of pyridine rings is 1.